The van der Waals surface area contributed by atoms with E-state index in [-0.39, 0.29) is 23.8 Å². The second-order valence-corrected chi connectivity index (χ2v) is 6.93. The molecule has 1 aliphatic rings. The highest BCUT2D eigenvalue weighted by molar-refractivity contribution is 5.77. The van der Waals surface area contributed by atoms with Crippen molar-refractivity contribution in [3.8, 4) is 0 Å². The van der Waals surface area contributed by atoms with Gasteiger partial charge in [-0.15, -0.1) is 0 Å². The van der Waals surface area contributed by atoms with E-state index in [2.05, 4.69) is 15.0 Å². The zero-order valence-corrected chi connectivity index (χ0v) is 15.6. The quantitative estimate of drug-likeness (QED) is 0.659. The fraction of sp³-hybridized carbons (Fsp3) is 0.368. The topological polar surface area (TPSA) is 76.3 Å². The maximum Gasteiger partial charge on any atom is 0.264 e. The molecule has 28 heavy (non-hydrogen) atoms. The highest BCUT2D eigenvalue weighted by Gasteiger charge is 2.22. The van der Waals surface area contributed by atoms with Gasteiger partial charge >= 0.3 is 0 Å². The van der Waals surface area contributed by atoms with E-state index >= 15 is 0 Å². The van der Waals surface area contributed by atoms with Crippen LogP contribution >= 0.6 is 0 Å². The second-order valence-electron chi connectivity index (χ2n) is 6.93. The van der Waals surface area contributed by atoms with Crippen molar-refractivity contribution < 1.29 is 9.18 Å². The molecule has 146 valence electrons. The Morgan fingerprint density at radius 1 is 1.18 bits per heavy atom. The average Bonchev–Trinajstić information content (AvgIpc) is 3.08. The van der Waals surface area contributed by atoms with Gasteiger partial charge in [0.05, 0.1) is 6.20 Å². The molecule has 1 aromatic carbocycles. The Hall–Kier alpha value is -3.07. The lowest BCUT2D eigenvalue weighted by molar-refractivity contribution is -0.133. The number of benzene rings is 1. The van der Waals surface area contributed by atoms with E-state index in [9.17, 15) is 14.0 Å². The summed E-state index contributed by atoms with van der Waals surface area (Å²) in [7, 11) is 1.71. The van der Waals surface area contributed by atoms with Crippen molar-refractivity contribution in [3.63, 3.8) is 0 Å². The first-order chi connectivity index (χ1) is 13.5. The standard InChI is InChI=1S/C19H21FN6O2/c1-23-18-15(10-22-23)19(28)26(13-21-18)12-17(27)25-8-6-24(7-9-25)11-14-4-2-3-5-16(14)20/h2-5,10,13H,6-9,11-12H2,1H3. The molecule has 3 aromatic rings. The summed E-state index contributed by atoms with van der Waals surface area (Å²) >= 11 is 0. The van der Waals surface area contributed by atoms with E-state index < -0.39 is 0 Å². The lowest BCUT2D eigenvalue weighted by Crippen LogP contribution is -2.49. The van der Waals surface area contributed by atoms with E-state index in [4.69, 9.17) is 0 Å². The molecule has 1 aliphatic heterocycles. The van der Waals surface area contributed by atoms with E-state index in [1.54, 1.807) is 24.1 Å². The van der Waals surface area contributed by atoms with Crippen molar-refractivity contribution >= 4 is 16.9 Å². The van der Waals surface area contributed by atoms with Gasteiger partial charge in [0.25, 0.3) is 5.56 Å². The normalized spacial score (nSPS) is 15.3. The summed E-state index contributed by atoms with van der Waals surface area (Å²) in [6.45, 7) is 2.89. The number of carbonyl (C=O) groups is 1. The highest BCUT2D eigenvalue weighted by atomic mass is 19.1. The minimum atomic E-state index is -0.273. The van der Waals surface area contributed by atoms with Crippen LogP contribution in [0.3, 0.4) is 0 Å². The minimum absolute atomic E-state index is 0.0516. The third kappa shape index (κ3) is 3.53. The fourth-order valence-electron chi connectivity index (χ4n) is 3.45. The summed E-state index contributed by atoms with van der Waals surface area (Å²) in [5, 5.41) is 4.42. The number of amides is 1. The molecule has 0 aliphatic carbocycles. The van der Waals surface area contributed by atoms with Crippen molar-refractivity contribution in [1.29, 1.82) is 0 Å². The van der Waals surface area contributed by atoms with Crippen LogP contribution in [0.4, 0.5) is 4.39 Å². The molecule has 0 bridgehead atoms. The van der Waals surface area contributed by atoms with E-state index in [0.29, 0.717) is 49.3 Å². The number of aryl methyl sites for hydroxylation is 1. The molecule has 0 unspecified atom stereocenters. The van der Waals surface area contributed by atoms with Crippen LogP contribution in [-0.4, -0.2) is 61.2 Å². The van der Waals surface area contributed by atoms with Gasteiger partial charge in [-0.25, -0.2) is 9.37 Å². The van der Waals surface area contributed by atoms with Crippen LogP contribution < -0.4 is 5.56 Å². The van der Waals surface area contributed by atoms with Crippen molar-refractivity contribution in [2.45, 2.75) is 13.1 Å². The van der Waals surface area contributed by atoms with Crippen molar-refractivity contribution in [3.05, 3.63) is 58.5 Å². The zero-order chi connectivity index (χ0) is 19.7. The SMILES string of the molecule is Cn1ncc2c(=O)n(CC(=O)N3CCN(Cc4ccccc4F)CC3)cnc21. The fourth-order valence-corrected chi connectivity index (χ4v) is 3.45. The largest absolute Gasteiger partial charge is 0.339 e. The van der Waals surface area contributed by atoms with E-state index in [1.165, 1.54) is 27.8 Å². The maximum atomic E-state index is 13.8. The molecule has 0 atom stereocenters. The summed E-state index contributed by atoms with van der Waals surface area (Å²) in [6, 6.07) is 6.74. The van der Waals surface area contributed by atoms with Gasteiger partial charge in [0, 0.05) is 45.3 Å². The number of rotatable bonds is 4. The number of aromatic nitrogens is 4. The van der Waals surface area contributed by atoms with Crippen LogP contribution in [-0.2, 0) is 24.9 Å². The molecule has 8 nitrogen and oxygen atoms in total. The minimum Gasteiger partial charge on any atom is -0.339 e. The van der Waals surface area contributed by atoms with Gasteiger partial charge in [0.15, 0.2) is 5.65 Å². The number of carbonyl (C=O) groups excluding carboxylic acids is 1. The van der Waals surface area contributed by atoms with Crippen molar-refractivity contribution in [1.82, 2.24) is 29.1 Å². The zero-order valence-electron chi connectivity index (χ0n) is 15.6. The van der Waals surface area contributed by atoms with Crippen LogP contribution in [0, 0.1) is 5.82 Å². The third-order valence-corrected chi connectivity index (χ3v) is 5.10. The van der Waals surface area contributed by atoms with Crippen molar-refractivity contribution in [2.75, 3.05) is 26.2 Å². The van der Waals surface area contributed by atoms with Crippen LogP contribution in [0.1, 0.15) is 5.56 Å². The summed E-state index contributed by atoms with van der Waals surface area (Å²) in [5.74, 6) is -0.337. The molecule has 0 N–H and O–H groups in total. The smallest absolute Gasteiger partial charge is 0.264 e. The molecule has 3 heterocycles. The van der Waals surface area contributed by atoms with Gasteiger partial charge in [-0.05, 0) is 6.07 Å². The Balaban J connectivity index is 1.37. The molecule has 0 spiro atoms. The summed E-state index contributed by atoms with van der Waals surface area (Å²) < 4.78 is 16.6. The Kier molecular flexibility index (Phi) is 4.91. The first kappa shape index (κ1) is 18.3. The Morgan fingerprint density at radius 2 is 1.93 bits per heavy atom. The van der Waals surface area contributed by atoms with Gasteiger partial charge in [-0.1, -0.05) is 18.2 Å². The Bertz CT molecular complexity index is 1070. The van der Waals surface area contributed by atoms with Gasteiger partial charge in [-0.3, -0.25) is 23.7 Å². The number of nitrogens with zero attached hydrogens (tertiary/aromatic N) is 6. The molecule has 1 amide bonds. The predicted molar refractivity (Wildman–Crippen MR) is 101 cm³/mol. The van der Waals surface area contributed by atoms with Crippen molar-refractivity contribution in [2.24, 2.45) is 7.05 Å². The number of piperazine rings is 1. The van der Waals surface area contributed by atoms with Gasteiger partial charge in [0.1, 0.15) is 24.1 Å². The lowest BCUT2D eigenvalue weighted by atomic mass is 10.2. The van der Waals surface area contributed by atoms with Crippen LogP contribution in [0.25, 0.3) is 11.0 Å². The number of halogens is 1. The molecule has 2 aromatic heterocycles. The first-order valence-corrected chi connectivity index (χ1v) is 9.13. The van der Waals surface area contributed by atoms with Gasteiger partial charge < -0.3 is 4.90 Å². The first-order valence-electron chi connectivity index (χ1n) is 9.13. The van der Waals surface area contributed by atoms with Crippen LogP contribution in [0.5, 0.6) is 0 Å². The van der Waals surface area contributed by atoms with Gasteiger partial charge in [-0.2, -0.15) is 5.10 Å². The summed E-state index contributed by atoms with van der Waals surface area (Å²) in [5.41, 5.74) is 0.879. The molecule has 0 radical (unpaired) electrons. The third-order valence-electron chi connectivity index (χ3n) is 5.10. The predicted octanol–water partition coefficient (Wildman–Crippen LogP) is 0.614. The summed E-state index contributed by atoms with van der Waals surface area (Å²) in [4.78, 5) is 33.2. The number of hydrogen-bond acceptors (Lipinski definition) is 5. The molecular weight excluding hydrogens is 363 g/mol. The molecule has 9 heteroatoms. The molecular formula is C19H21FN6O2. The average molecular weight is 384 g/mol. The molecule has 0 saturated carbocycles. The molecule has 1 fully saturated rings. The Labute approximate surface area is 160 Å². The van der Waals surface area contributed by atoms with Gasteiger partial charge in [0.2, 0.25) is 5.91 Å². The monoisotopic (exact) mass is 384 g/mol. The summed E-state index contributed by atoms with van der Waals surface area (Å²) in [6.07, 6.45) is 2.85. The molecule has 4 rings (SSSR count). The lowest BCUT2D eigenvalue weighted by Gasteiger charge is -2.34. The second kappa shape index (κ2) is 7.51. The van der Waals surface area contributed by atoms with Crippen LogP contribution in [0.15, 0.2) is 41.6 Å². The highest BCUT2D eigenvalue weighted by Crippen LogP contribution is 2.12. The van der Waals surface area contributed by atoms with Crippen LogP contribution in [0.2, 0.25) is 0 Å². The van der Waals surface area contributed by atoms with E-state index in [0.717, 1.165) is 0 Å². The maximum absolute atomic E-state index is 13.8. The number of hydrogen-bond donors (Lipinski definition) is 0. The number of fused-ring (bicyclic) bond motifs is 1. The Morgan fingerprint density at radius 3 is 2.68 bits per heavy atom. The molecule has 1 saturated heterocycles. The van der Waals surface area contributed by atoms with E-state index in [1.807, 2.05) is 6.07 Å².